The molecule has 2 aromatic carbocycles. The van der Waals surface area contributed by atoms with E-state index < -0.39 is 11.7 Å². The third-order valence-corrected chi connectivity index (χ3v) is 6.65. The van der Waals surface area contributed by atoms with Crippen molar-refractivity contribution in [1.82, 2.24) is 4.98 Å². The van der Waals surface area contributed by atoms with Crippen molar-refractivity contribution in [2.75, 3.05) is 7.11 Å². The summed E-state index contributed by atoms with van der Waals surface area (Å²) in [5.74, 6) is 0.817. The van der Waals surface area contributed by atoms with Gasteiger partial charge in [-0.25, -0.2) is 4.98 Å². The molecule has 0 aliphatic heterocycles. The number of benzene rings is 2. The van der Waals surface area contributed by atoms with E-state index in [2.05, 4.69) is 11.9 Å². The number of aromatic nitrogens is 1. The summed E-state index contributed by atoms with van der Waals surface area (Å²) in [4.78, 5) is 4.28. The topological polar surface area (TPSA) is 40.6 Å². The van der Waals surface area contributed by atoms with Crippen molar-refractivity contribution in [3.05, 3.63) is 81.4 Å². The van der Waals surface area contributed by atoms with Crippen molar-refractivity contribution < 1.29 is 27.4 Å². The van der Waals surface area contributed by atoms with Crippen molar-refractivity contribution in [3.8, 4) is 17.2 Å². The molecule has 0 atom stereocenters. The maximum absolute atomic E-state index is 13.2. The molecule has 34 heavy (non-hydrogen) atoms. The van der Waals surface area contributed by atoms with E-state index in [9.17, 15) is 13.2 Å². The Bertz CT molecular complexity index is 1310. The quantitative estimate of drug-likeness (QED) is 0.229. The fourth-order valence-electron chi connectivity index (χ4n) is 3.52. The number of ether oxygens (including phenoxy) is 3. The minimum absolute atomic E-state index is 0.0350. The van der Waals surface area contributed by atoms with Crippen molar-refractivity contribution in [1.29, 1.82) is 0 Å². The van der Waals surface area contributed by atoms with Gasteiger partial charge in [-0.1, -0.05) is 30.7 Å². The van der Waals surface area contributed by atoms with E-state index in [0.29, 0.717) is 28.8 Å². The standard InChI is InChI=1S/C25H21ClF3NO3S/c1-3-16-11-30-24(26)22-17(14-34-23(16)22)13-33-19-6-4-5-18(10-19)32-12-15-7-8-21(31-2)20(9-15)25(27,28)29/h4-11,14H,3,12-13H2,1-2H3. The second kappa shape index (κ2) is 10.1. The molecule has 0 bridgehead atoms. The molecular weight excluding hydrogens is 487 g/mol. The van der Waals surface area contributed by atoms with Crippen molar-refractivity contribution >= 4 is 33.0 Å². The number of pyridine rings is 1. The Morgan fingerprint density at radius 2 is 1.74 bits per heavy atom. The third kappa shape index (κ3) is 5.23. The molecule has 0 amide bonds. The number of rotatable bonds is 8. The fraction of sp³-hybridized carbons (Fsp3) is 0.240. The first kappa shape index (κ1) is 24.2. The number of thiophene rings is 1. The number of hydrogen-bond donors (Lipinski definition) is 0. The molecule has 0 spiro atoms. The van der Waals surface area contributed by atoms with Gasteiger partial charge in [-0.2, -0.15) is 13.2 Å². The van der Waals surface area contributed by atoms with Crippen LogP contribution in [0.2, 0.25) is 5.15 Å². The summed E-state index contributed by atoms with van der Waals surface area (Å²) < 4.78 is 57.3. The summed E-state index contributed by atoms with van der Waals surface area (Å²) in [6.07, 6.45) is -1.86. The van der Waals surface area contributed by atoms with E-state index in [1.54, 1.807) is 47.9 Å². The zero-order valence-corrected chi connectivity index (χ0v) is 20.0. The molecule has 9 heteroatoms. The lowest BCUT2D eigenvalue weighted by Crippen LogP contribution is -2.09. The second-order valence-corrected chi connectivity index (χ2v) is 8.72. The summed E-state index contributed by atoms with van der Waals surface area (Å²) in [5.41, 5.74) is 1.61. The Morgan fingerprint density at radius 1 is 1.00 bits per heavy atom. The first-order chi connectivity index (χ1) is 16.3. The van der Waals surface area contributed by atoms with E-state index >= 15 is 0 Å². The molecule has 0 fully saturated rings. The predicted octanol–water partition coefficient (Wildman–Crippen LogP) is 7.70. The Hall–Kier alpha value is -2.97. The van der Waals surface area contributed by atoms with Crippen LogP contribution in [0.1, 0.15) is 29.2 Å². The zero-order chi connectivity index (χ0) is 24.3. The molecule has 2 aromatic heterocycles. The highest BCUT2D eigenvalue weighted by Crippen LogP contribution is 2.37. The molecule has 2 heterocycles. The van der Waals surface area contributed by atoms with Crippen molar-refractivity contribution in [2.24, 2.45) is 0 Å². The number of aryl methyl sites for hydroxylation is 1. The summed E-state index contributed by atoms with van der Waals surface area (Å²) in [6.45, 7) is 2.33. The first-order valence-electron chi connectivity index (χ1n) is 10.4. The summed E-state index contributed by atoms with van der Waals surface area (Å²) >= 11 is 7.95. The molecule has 0 radical (unpaired) electrons. The van der Waals surface area contributed by atoms with Crippen molar-refractivity contribution in [3.63, 3.8) is 0 Å². The number of alkyl halides is 3. The molecule has 0 saturated heterocycles. The van der Waals surface area contributed by atoms with E-state index in [-0.39, 0.29) is 12.4 Å². The summed E-state index contributed by atoms with van der Waals surface area (Å²) in [6, 6.07) is 10.8. The van der Waals surface area contributed by atoms with Gasteiger partial charge in [0.05, 0.1) is 12.7 Å². The highest BCUT2D eigenvalue weighted by Gasteiger charge is 2.34. The van der Waals surface area contributed by atoms with Gasteiger partial charge in [0.1, 0.15) is 35.6 Å². The molecule has 0 unspecified atom stereocenters. The molecule has 4 nitrogen and oxygen atoms in total. The average Bonchev–Trinajstić information content (AvgIpc) is 3.26. The lowest BCUT2D eigenvalue weighted by atomic mass is 10.1. The largest absolute Gasteiger partial charge is 0.496 e. The Labute approximate surface area is 203 Å². The maximum Gasteiger partial charge on any atom is 0.419 e. The van der Waals surface area contributed by atoms with Crippen LogP contribution in [0.15, 0.2) is 54.0 Å². The Morgan fingerprint density at radius 3 is 2.41 bits per heavy atom. The SMILES string of the molecule is CCc1cnc(Cl)c2c(COc3cccc(OCc4ccc(OC)c(C(F)(F)F)c4)c3)csc12. The smallest absolute Gasteiger partial charge is 0.419 e. The first-order valence-corrected chi connectivity index (χ1v) is 11.7. The minimum Gasteiger partial charge on any atom is -0.496 e. The minimum atomic E-state index is -4.52. The van der Waals surface area contributed by atoms with Crippen LogP contribution in [0.3, 0.4) is 0 Å². The normalized spacial score (nSPS) is 11.6. The molecule has 4 rings (SSSR count). The fourth-order valence-corrected chi connectivity index (χ4v) is 4.98. The lowest BCUT2D eigenvalue weighted by molar-refractivity contribution is -0.138. The van der Waals surface area contributed by atoms with E-state index in [4.69, 9.17) is 25.8 Å². The van der Waals surface area contributed by atoms with Crippen LogP contribution in [0.25, 0.3) is 10.1 Å². The number of halogens is 4. The molecular formula is C25H21ClF3NO3S. The average molecular weight is 508 g/mol. The van der Waals surface area contributed by atoms with E-state index in [1.807, 2.05) is 5.38 Å². The van der Waals surface area contributed by atoms with Gasteiger partial charge in [0, 0.05) is 27.9 Å². The summed E-state index contributed by atoms with van der Waals surface area (Å²) in [5, 5.41) is 3.36. The van der Waals surface area contributed by atoms with Crippen LogP contribution in [0, 0.1) is 0 Å². The van der Waals surface area contributed by atoms with Crippen LogP contribution >= 0.6 is 22.9 Å². The van der Waals surface area contributed by atoms with Gasteiger partial charge in [-0.15, -0.1) is 11.3 Å². The number of methoxy groups -OCH3 is 1. The molecule has 178 valence electrons. The van der Waals surface area contributed by atoms with E-state index in [1.165, 1.54) is 13.2 Å². The zero-order valence-electron chi connectivity index (χ0n) is 18.4. The lowest BCUT2D eigenvalue weighted by Gasteiger charge is -2.14. The molecule has 0 aliphatic rings. The number of nitrogens with zero attached hydrogens (tertiary/aromatic N) is 1. The molecule has 0 aliphatic carbocycles. The predicted molar refractivity (Wildman–Crippen MR) is 127 cm³/mol. The van der Waals surface area contributed by atoms with Crippen LogP contribution < -0.4 is 14.2 Å². The van der Waals surface area contributed by atoms with Gasteiger partial charge < -0.3 is 14.2 Å². The number of hydrogen-bond acceptors (Lipinski definition) is 5. The van der Waals surface area contributed by atoms with Gasteiger partial charge in [-0.3, -0.25) is 0 Å². The third-order valence-electron chi connectivity index (χ3n) is 5.25. The Balaban J connectivity index is 1.45. The van der Waals surface area contributed by atoms with Gasteiger partial charge in [0.25, 0.3) is 0 Å². The van der Waals surface area contributed by atoms with Gasteiger partial charge in [-0.05, 0) is 47.2 Å². The van der Waals surface area contributed by atoms with Crippen LogP contribution in [-0.2, 0) is 25.8 Å². The molecule has 0 N–H and O–H groups in total. The van der Waals surface area contributed by atoms with Gasteiger partial charge >= 0.3 is 6.18 Å². The van der Waals surface area contributed by atoms with E-state index in [0.717, 1.165) is 33.7 Å². The van der Waals surface area contributed by atoms with Gasteiger partial charge in [0.2, 0.25) is 0 Å². The van der Waals surface area contributed by atoms with Crippen LogP contribution in [0.4, 0.5) is 13.2 Å². The van der Waals surface area contributed by atoms with Crippen LogP contribution in [-0.4, -0.2) is 12.1 Å². The Kier molecular flexibility index (Phi) is 7.19. The molecule has 4 aromatic rings. The second-order valence-electron chi connectivity index (χ2n) is 7.48. The number of fused-ring (bicyclic) bond motifs is 1. The molecule has 0 saturated carbocycles. The maximum atomic E-state index is 13.2. The van der Waals surface area contributed by atoms with Crippen LogP contribution in [0.5, 0.6) is 17.2 Å². The highest BCUT2D eigenvalue weighted by molar-refractivity contribution is 7.17. The van der Waals surface area contributed by atoms with Crippen molar-refractivity contribution in [2.45, 2.75) is 32.7 Å². The highest BCUT2D eigenvalue weighted by atomic mass is 35.5. The van der Waals surface area contributed by atoms with Gasteiger partial charge in [0.15, 0.2) is 0 Å². The summed E-state index contributed by atoms with van der Waals surface area (Å²) in [7, 11) is 1.21. The monoisotopic (exact) mass is 507 g/mol.